The van der Waals surface area contributed by atoms with Gasteiger partial charge in [-0.05, 0) is 50.0 Å². The van der Waals surface area contributed by atoms with Gasteiger partial charge in [0.1, 0.15) is 11.6 Å². The van der Waals surface area contributed by atoms with E-state index >= 15 is 0 Å². The molecule has 27 heavy (non-hydrogen) atoms. The molecule has 1 N–H and O–H groups in total. The van der Waals surface area contributed by atoms with Crippen LogP contribution in [0.25, 0.3) is 0 Å². The van der Waals surface area contributed by atoms with E-state index in [1.807, 2.05) is 0 Å². The molecular formula is C18H20Cl2FNO4S. The van der Waals surface area contributed by atoms with Crippen molar-refractivity contribution in [2.45, 2.75) is 37.0 Å². The molecule has 4 unspecified atom stereocenters. The van der Waals surface area contributed by atoms with Crippen LogP contribution in [0, 0.1) is 23.1 Å². The molecule has 0 spiro atoms. The van der Waals surface area contributed by atoms with Crippen LogP contribution in [0.5, 0.6) is 5.75 Å². The minimum absolute atomic E-state index is 0.0107. The highest BCUT2D eigenvalue weighted by atomic mass is 35.5. The molecule has 4 aliphatic carbocycles. The molecule has 4 saturated carbocycles. The number of halogens is 3. The van der Waals surface area contributed by atoms with Crippen molar-refractivity contribution in [3.8, 4) is 5.75 Å². The number of nitrogens with one attached hydrogen (secondary N) is 1. The van der Waals surface area contributed by atoms with E-state index in [2.05, 4.69) is 0 Å². The Morgan fingerprint density at radius 1 is 1.37 bits per heavy atom. The van der Waals surface area contributed by atoms with Crippen molar-refractivity contribution in [1.82, 2.24) is 4.72 Å². The number of hydrogen-bond acceptors (Lipinski definition) is 4. The molecule has 1 aromatic rings. The molecule has 4 aliphatic rings. The van der Waals surface area contributed by atoms with Crippen LogP contribution < -0.4 is 9.46 Å². The molecule has 0 radical (unpaired) electrons. The van der Waals surface area contributed by atoms with Crippen molar-refractivity contribution >= 4 is 39.1 Å². The number of carbonyl (C=O) groups excluding carboxylic acids is 1. The van der Waals surface area contributed by atoms with Gasteiger partial charge >= 0.3 is 0 Å². The van der Waals surface area contributed by atoms with Crippen LogP contribution >= 0.6 is 23.2 Å². The number of hydrogen-bond donors (Lipinski definition) is 1. The van der Waals surface area contributed by atoms with Gasteiger partial charge in [0, 0.05) is 16.4 Å². The average Bonchev–Trinajstić information content (AvgIpc) is 2.87. The Kier molecular flexibility index (Phi) is 4.44. The van der Waals surface area contributed by atoms with E-state index in [0.29, 0.717) is 18.4 Å². The summed E-state index contributed by atoms with van der Waals surface area (Å²) in [7, 11) is -3.80. The second-order valence-electron chi connectivity index (χ2n) is 8.36. The first-order valence-electron chi connectivity index (χ1n) is 8.82. The van der Waals surface area contributed by atoms with E-state index < -0.39 is 27.3 Å². The van der Waals surface area contributed by atoms with Crippen molar-refractivity contribution in [2.75, 3.05) is 12.9 Å². The van der Waals surface area contributed by atoms with Gasteiger partial charge in [0.2, 0.25) is 10.0 Å². The molecule has 4 bridgehead atoms. The first-order chi connectivity index (χ1) is 12.5. The van der Waals surface area contributed by atoms with Gasteiger partial charge in [-0.15, -0.1) is 11.6 Å². The van der Waals surface area contributed by atoms with Crippen molar-refractivity contribution in [3.63, 3.8) is 0 Å². The molecule has 4 fully saturated rings. The van der Waals surface area contributed by atoms with E-state index in [-0.39, 0.29) is 21.1 Å². The van der Waals surface area contributed by atoms with Crippen LogP contribution in [0.1, 0.15) is 42.5 Å². The summed E-state index contributed by atoms with van der Waals surface area (Å²) in [5.74, 6) is -0.656. The quantitative estimate of drug-likeness (QED) is 0.714. The summed E-state index contributed by atoms with van der Waals surface area (Å²) < 4.78 is 44.3. The molecule has 1 amide bonds. The van der Waals surface area contributed by atoms with Gasteiger partial charge in [0.05, 0.1) is 23.4 Å². The zero-order chi connectivity index (χ0) is 19.6. The van der Waals surface area contributed by atoms with Gasteiger partial charge in [-0.1, -0.05) is 11.6 Å². The summed E-state index contributed by atoms with van der Waals surface area (Å²) in [6, 6.07) is 2.12. The van der Waals surface area contributed by atoms with Crippen LogP contribution in [0.15, 0.2) is 12.1 Å². The van der Waals surface area contributed by atoms with E-state index in [0.717, 1.165) is 44.1 Å². The zero-order valence-corrected chi connectivity index (χ0v) is 17.1. The summed E-state index contributed by atoms with van der Waals surface area (Å²) >= 11 is 12.9. The van der Waals surface area contributed by atoms with Crippen molar-refractivity contribution in [2.24, 2.45) is 17.3 Å². The van der Waals surface area contributed by atoms with Crippen LogP contribution in [0.4, 0.5) is 4.39 Å². The predicted molar refractivity (Wildman–Crippen MR) is 100 cm³/mol. The standard InChI is InChI=1S/C18H20Cl2FNO4S/c1-27(24,25)22-16(23)12-3-13(19)15(4-14(12)21)26-9-17-5-10-2-11(17)7-18(20,6-10)8-17/h3-4,10-11H,2,5-9H2,1H3,(H,22,23). The largest absolute Gasteiger partial charge is 0.491 e. The van der Waals surface area contributed by atoms with Crippen molar-refractivity contribution < 1.29 is 22.3 Å². The summed E-state index contributed by atoms with van der Waals surface area (Å²) in [6.45, 7) is 0.413. The highest BCUT2D eigenvalue weighted by Gasteiger charge is 2.63. The fourth-order valence-corrected chi connectivity index (χ4v) is 6.79. The van der Waals surface area contributed by atoms with Gasteiger partial charge in [0.15, 0.2) is 0 Å². The second-order valence-corrected chi connectivity index (χ2v) is 11.3. The maximum absolute atomic E-state index is 14.3. The van der Waals surface area contributed by atoms with Crippen LogP contribution in [-0.2, 0) is 10.0 Å². The summed E-state index contributed by atoms with van der Waals surface area (Å²) in [5.41, 5.74) is -0.437. The minimum atomic E-state index is -3.80. The molecule has 0 aromatic heterocycles. The average molecular weight is 436 g/mol. The number of carbonyl (C=O) groups is 1. The highest BCUT2D eigenvalue weighted by Crippen LogP contribution is 2.68. The van der Waals surface area contributed by atoms with Gasteiger partial charge in [-0.3, -0.25) is 4.79 Å². The predicted octanol–water partition coefficient (Wildman–Crippen LogP) is 3.74. The molecule has 0 saturated heterocycles. The van der Waals surface area contributed by atoms with Crippen molar-refractivity contribution in [3.05, 3.63) is 28.5 Å². The highest BCUT2D eigenvalue weighted by molar-refractivity contribution is 7.89. The first kappa shape index (κ1) is 19.3. The lowest BCUT2D eigenvalue weighted by Crippen LogP contribution is -2.34. The normalized spacial score (nSPS) is 34.1. The van der Waals surface area contributed by atoms with Gasteiger partial charge in [0.25, 0.3) is 5.91 Å². The molecule has 148 valence electrons. The molecule has 5 nitrogen and oxygen atoms in total. The maximum atomic E-state index is 14.3. The molecular weight excluding hydrogens is 416 g/mol. The number of rotatable bonds is 5. The molecule has 5 rings (SSSR count). The van der Waals surface area contributed by atoms with E-state index in [1.165, 1.54) is 6.42 Å². The Morgan fingerprint density at radius 2 is 2.11 bits per heavy atom. The Bertz CT molecular complexity index is 924. The number of amides is 1. The Labute approximate surface area is 167 Å². The summed E-state index contributed by atoms with van der Waals surface area (Å²) in [5, 5.41) is 0.0599. The van der Waals surface area contributed by atoms with Crippen molar-refractivity contribution in [1.29, 1.82) is 0 Å². The fraction of sp³-hybridized carbons (Fsp3) is 0.611. The maximum Gasteiger partial charge on any atom is 0.267 e. The van der Waals surface area contributed by atoms with Gasteiger partial charge in [-0.2, -0.15) is 0 Å². The first-order valence-corrected chi connectivity index (χ1v) is 11.5. The number of benzene rings is 1. The van der Waals surface area contributed by atoms with Crippen LogP contribution in [0.3, 0.4) is 0 Å². The SMILES string of the molecule is CS(=O)(=O)NC(=O)c1cc(Cl)c(OCC23CC4CC2CC(Cl)(C4)C3)cc1F. The lowest BCUT2D eigenvalue weighted by Gasteiger charge is -2.36. The lowest BCUT2D eigenvalue weighted by molar-refractivity contribution is 0.0976. The van der Waals surface area contributed by atoms with E-state index in [9.17, 15) is 17.6 Å². The number of ether oxygens (including phenoxy) is 1. The third-order valence-electron chi connectivity index (χ3n) is 6.17. The number of alkyl halides is 1. The molecule has 1 aromatic carbocycles. The molecule has 0 heterocycles. The van der Waals surface area contributed by atoms with E-state index in [4.69, 9.17) is 27.9 Å². The molecule has 0 aliphatic heterocycles. The summed E-state index contributed by atoms with van der Waals surface area (Å²) in [4.78, 5) is 11.8. The smallest absolute Gasteiger partial charge is 0.267 e. The number of sulfonamides is 1. The zero-order valence-electron chi connectivity index (χ0n) is 14.7. The molecule has 4 atom stereocenters. The Morgan fingerprint density at radius 3 is 2.78 bits per heavy atom. The lowest BCUT2D eigenvalue weighted by atomic mass is 9.76. The fourth-order valence-electron chi connectivity index (χ4n) is 5.45. The second kappa shape index (κ2) is 6.22. The topological polar surface area (TPSA) is 72.5 Å². The molecule has 9 heteroatoms. The van der Waals surface area contributed by atoms with Gasteiger partial charge in [-0.25, -0.2) is 17.5 Å². The monoisotopic (exact) mass is 435 g/mol. The minimum Gasteiger partial charge on any atom is -0.491 e. The van der Waals surface area contributed by atoms with Crippen LogP contribution in [-0.4, -0.2) is 32.1 Å². The van der Waals surface area contributed by atoms with Crippen LogP contribution in [0.2, 0.25) is 5.02 Å². The Hall–Kier alpha value is -1.05. The third kappa shape index (κ3) is 3.54. The van der Waals surface area contributed by atoms with Gasteiger partial charge < -0.3 is 4.74 Å². The third-order valence-corrected chi connectivity index (χ3v) is 7.47. The van der Waals surface area contributed by atoms with E-state index in [1.54, 1.807) is 4.72 Å². The summed E-state index contributed by atoms with van der Waals surface area (Å²) in [6.07, 6.45) is 6.02. The Balaban J connectivity index is 1.51.